The second kappa shape index (κ2) is 8.23. The van der Waals surface area contributed by atoms with E-state index in [9.17, 15) is 18.0 Å². The standard InChI is InChI=1S/C17H16F3N5OS2/c1-10-4-6-11(7-5-10)14(12-3-2-8-27-12)22-13(26)9-28-16-24-23-15(25(16)21)17(18,19)20/h2-8,14H,9,21H2,1H3,(H,22,26). The average Bonchev–Trinajstić information content (AvgIpc) is 3.28. The predicted octanol–water partition coefficient (Wildman–Crippen LogP) is 3.38. The normalized spacial score (nSPS) is 12.7. The van der Waals surface area contributed by atoms with E-state index in [1.807, 2.05) is 48.7 Å². The quantitative estimate of drug-likeness (QED) is 0.465. The average molecular weight is 427 g/mol. The minimum atomic E-state index is -4.71. The van der Waals surface area contributed by atoms with Crippen LogP contribution >= 0.6 is 23.1 Å². The molecule has 0 bridgehead atoms. The van der Waals surface area contributed by atoms with Crippen LogP contribution in [0.2, 0.25) is 0 Å². The first kappa shape index (κ1) is 20.2. The zero-order valence-corrected chi connectivity index (χ0v) is 16.2. The van der Waals surface area contributed by atoms with Crippen molar-refractivity contribution in [1.29, 1.82) is 0 Å². The van der Waals surface area contributed by atoms with Gasteiger partial charge in [0, 0.05) is 4.88 Å². The Labute approximate surface area is 166 Å². The highest BCUT2D eigenvalue weighted by molar-refractivity contribution is 7.99. The van der Waals surface area contributed by atoms with Crippen molar-refractivity contribution in [2.24, 2.45) is 0 Å². The summed E-state index contributed by atoms with van der Waals surface area (Å²) < 4.78 is 38.5. The van der Waals surface area contributed by atoms with E-state index in [2.05, 4.69) is 15.5 Å². The molecule has 0 saturated heterocycles. The summed E-state index contributed by atoms with van der Waals surface area (Å²) in [6, 6.07) is 11.2. The number of carbonyl (C=O) groups is 1. The van der Waals surface area contributed by atoms with Crippen molar-refractivity contribution < 1.29 is 18.0 Å². The van der Waals surface area contributed by atoms with Crippen molar-refractivity contribution in [2.45, 2.75) is 24.3 Å². The number of hydrogen-bond acceptors (Lipinski definition) is 6. The smallest absolute Gasteiger partial charge is 0.344 e. The number of thiophene rings is 1. The summed E-state index contributed by atoms with van der Waals surface area (Å²) in [5.41, 5.74) is 2.01. The Morgan fingerprint density at radius 3 is 2.57 bits per heavy atom. The molecule has 3 aromatic rings. The lowest BCUT2D eigenvalue weighted by Crippen LogP contribution is -2.30. The first-order chi connectivity index (χ1) is 13.3. The fourth-order valence-electron chi connectivity index (χ4n) is 2.43. The molecule has 1 unspecified atom stereocenters. The predicted molar refractivity (Wildman–Crippen MR) is 101 cm³/mol. The number of nitrogens with one attached hydrogen (secondary N) is 1. The molecule has 0 saturated carbocycles. The van der Waals surface area contributed by atoms with Gasteiger partial charge in [-0.15, -0.1) is 21.5 Å². The number of hydrogen-bond donors (Lipinski definition) is 2. The van der Waals surface area contributed by atoms with Crippen molar-refractivity contribution >= 4 is 29.0 Å². The number of halogens is 3. The molecule has 2 aromatic heterocycles. The molecule has 1 aromatic carbocycles. The molecule has 0 radical (unpaired) electrons. The van der Waals surface area contributed by atoms with Gasteiger partial charge in [0.05, 0.1) is 11.8 Å². The summed E-state index contributed by atoms with van der Waals surface area (Å²) in [7, 11) is 0. The second-order valence-electron chi connectivity index (χ2n) is 5.89. The van der Waals surface area contributed by atoms with E-state index >= 15 is 0 Å². The number of benzene rings is 1. The summed E-state index contributed by atoms with van der Waals surface area (Å²) in [6.45, 7) is 1.97. The Bertz CT molecular complexity index is 939. The Morgan fingerprint density at radius 1 is 1.29 bits per heavy atom. The Hall–Kier alpha value is -2.53. The van der Waals surface area contributed by atoms with E-state index in [4.69, 9.17) is 5.84 Å². The van der Waals surface area contributed by atoms with Gasteiger partial charge in [0.25, 0.3) is 5.82 Å². The van der Waals surface area contributed by atoms with Crippen LogP contribution in [0.5, 0.6) is 0 Å². The molecular weight excluding hydrogens is 411 g/mol. The molecule has 2 heterocycles. The summed E-state index contributed by atoms with van der Waals surface area (Å²) in [5.74, 6) is 3.55. The fraction of sp³-hybridized carbons (Fsp3) is 0.235. The summed E-state index contributed by atoms with van der Waals surface area (Å²) in [6.07, 6.45) is -4.71. The van der Waals surface area contributed by atoms with Gasteiger partial charge in [-0.1, -0.05) is 47.7 Å². The molecule has 148 valence electrons. The molecule has 3 N–H and O–H groups in total. The third-order valence-corrected chi connectivity index (χ3v) is 5.67. The van der Waals surface area contributed by atoms with Crippen molar-refractivity contribution in [1.82, 2.24) is 20.2 Å². The van der Waals surface area contributed by atoms with E-state index in [1.165, 1.54) is 11.3 Å². The van der Waals surface area contributed by atoms with Gasteiger partial charge in [0.1, 0.15) is 0 Å². The number of aryl methyl sites for hydroxylation is 1. The first-order valence-corrected chi connectivity index (χ1v) is 9.92. The van der Waals surface area contributed by atoms with Crippen LogP contribution in [-0.4, -0.2) is 26.5 Å². The molecule has 0 aliphatic heterocycles. The third kappa shape index (κ3) is 4.65. The highest BCUT2D eigenvalue weighted by Crippen LogP contribution is 2.29. The number of rotatable bonds is 6. The van der Waals surface area contributed by atoms with Crippen LogP contribution in [0.1, 0.15) is 27.9 Å². The Kier molecular flexibility index (Phi) is 5.94. The number of carbonyl (C=O) groups excluding carboxylic acids is 1. The highest BCUT2D eigenvalue weighted by Gasteiger charge is 2.38. The monoisotopic (exact) mass is 427 g/mol. The minimum Gasteiger partial charge on any atom is -0.344 e. The van der Waals surface area contributed by atoms with E-state index in [0.717, 1.165) is 27.8 Å². The van der Waals surface area contributed by atoms with Crippen molar-refractivity contribution in [3.63, 3.8) is 0 Å². The maximum atomic E-state index is 12.7. The maximum Gasteiger partial charge on any atom is 0.453 e. The molecule has 6 nitrogen and oxygen atoms in total. The van der Waals surface area contributed by atoms with Crippen LogP contribution in [0, 0.1) is 6.92 Å². The van der Waals surface area contributed by atoms with E-state index < -0.39 is 12.0 Å². The molecule has 28 heavy (non-hydrogen) atoms. The SMILES string of the molecule is Cc1ccc(C(NC(=O)CSc2nnc(C(F)(F)F)n2N)c2cccs2)cc1. The lowest BCUT2D eigenvalue weighted by molar-refractivity contribution is -0.146. The number of aromatic nitrogens is 3. The molecule has 1 amide bonds. The lowest BCUT2D eigenvalue weighted by Gasteiger charge is -2.18. The topological polar surface area (TPSA) is 85.8 Å². The highest BCUT2D eigenvalue weighted by atomic mass is 32.2. The number of thioether (sulfide) groups is 1. The van der Waals surface area contributed by atoms with Crippen molar-refractivity contribution in [2.75, 3.05) is 11.6 Å². The van der Waals surface area contributed by atoms with Crippen molar-refractivity contribution in [3.8, 4) is 0 Å². The fourth-order valence-corrected chi connectivity index (χ4v) is 3.90. The van der Waals surface area contributed by atoms with E-state index in [1.54, 1.807) is 0 Å². The molecular formula is C17H16F3N5OS2. The van der Waals surface area contributed by atoms with Gasteiger partial charge in [-0.25, -0.2) is 4.68 Å². The number of nitrogens with zero attached hydrogens (tertiary/aromatic N) is 3. The molecule has 1 atom stereocenters. The van der Waals surface area contributed by atoms with Crippen LogP contribution in [0.4, 0.5) is 13.2 Å². The summed E-state index contributed by atoms with van der Waals surface area (Å²) in [4.78, 5) is 13.4. The van der Waals surface area contributed by atoms with E-state index in [-0.39, 0.29) is 22.9 Å². The molecule has 3 rings (SSSR count). The van der Waals surface area contributed by atoms with Gasteiger partial charge in [0.2, 0.25) is 11.1 Å². The zero-order chi connectivity index (χ0) is 20.3. The molecule has 11 heteroatoms. The molecule has 0 fully saturated rings. The van der Waals surface area contributed by atoms with Crippen molar-refractivity contribution in [3.05, 3.63) is 63.6 Å². The number of nitrogen functional groups attached to an aromatic ring is 1. The summed E-state index contributed by atoms with van der Waals surface area (Å²) in [5, 5.41) is 11.1. The second-order valence-corrected chi connectivity index (χ2v) is 7.81. The van der Waals surface area contributed by atoms with E-state index in [0.29, 0.717) is 4.68 Å². The van der Waals surface area contributed by atoms with Gasteiger partial charge in [-0.3, -0.25) is 4.79 Å². The van der Waals surface area contributed by atoms with Crippen LogP contribution in [0.15, 0.2) is 46.9 Å². The number of alkyl halides is 3. The Morgan fingerprint density at radius 2 is 2.00 bits per heavy atom. The Balaban J connectivity index is 1.70. The van der Waals surface area contributed by atoms with Gasteiger partial charge < -0.3 is 11.2 Å². The van der Waals surface area contributed by atoms with Crippen LogP contribution in [0.3, 0.4) is 0 Å². The molecule has 0 spiro atoms. The molecule has 0 aliphatic carbocycles. The first-order valence-electron chi connectivity index (χ1n) is 8.05. The van der Waals surface area contributed by atoms with Crippen LogP contribution < -0.4 is 11.2 Å². The maximum absolute atomic E-state index is 12.7. The van der Waals surface area contributed by atoms with Gasteiger partial charge in [-0.05, 0) is 23.9 Å². The van der Waals surface area contributed by atoms with Gasteiger partial charge in [0.15, 0.2) is 0 Å². The van der Waals surface area contributed by atoms with Gasteiger partial charge in [-0.2, -0.15) is 13.2 Å². The summed E-state index contributed by atoms with van der Waals surface area (Å²) >= 11 is 2.29. The van der Waals surface area contributed by atoms with Gasteiger partial charge >= 0.3 is 6.18 Å². The lowest BCUT2D eigenvalue weighted by atomic mass is 10.0. The molecule has 0 aliphatic rings. The van der Waals surface area contributed by atoms with Crippen LogP contribution in [0.25, 0.3) is 0 Å². The number of amides is 1. The number of nitrogens with two attached hydrogens (primary N) is 1. The van der Waals surface area contributed by atoms with Crippen LogP contribution in [-0.2, 0) is 11.0 Å². The third-order valence-electron chi connectivity index (χ3n) is 3.79. The minimum absolute atomic E-state index is 0.152. The zero-order valence-electron chi connectivity index (χ0n) is 14.6. The largest absolute Gasteiger partial charge is 0.453 e.